The molecule has 0 aliphatic heterocycles. The number of anilines is 1. The van der Waals surface area contributed by atoms with Crippen molar-refractivity contribution in [1.29, 1.82) is 0 Å². The number of phenolic OH excluding ortho intramolecular Hbond substituents is 1. The van der Waals surface area contributed by atoms with Crippen LogP contribution in [0, 0.1) is 0 Å². The summed E-state index contributed by atoms with van der Waals surface area (Å²) in [5.41, 5.74) is 3.84. The van der Waals surface area contributed by atoms with E-state index in [0.29, 0.717) is 11.5 Å². The molecule has 2 rings (SSSR count). The number of H-pyrrole nitrogens is 1. The Kier molecular flexibility index (Phi) is 1.79. The molecule has 1 aromatic carbocycles. The molecule has 0 amide bonds. The smallest absolute Gasteiger partial charge is 0.225 e. The number of aromatic nitrogens is 2. The molecule has 3 N–H and O–H groups in total. The first-order chi connectivity index (χ1) is 6.31. The number of aromatic amines is 1. The molecule has 0 saturated carbocycles. The predicted octanol–water partition coefficient (Wildman–Crippen LogP) is 1.24. The number of nitrogens with zero attached hydrogens (tertiary/aromatic N) is 1. The van der Waals surface area contributed by atoms with Crippen LogP contribution in [0.1, 0.15) is 0 Å². The van der Waals surface area contributed by atoms with E-state index in [2.05, 4.69) is 20.3 Å². The fourth-order valence-corrected chi connectivity index (χ4v) is 1.16. The summed E-state index contributed by atoms with van der Waals surface area (Å²) in [6.45, 7) is 0. The molecule has 0 aliphatic rings. The molecule has 2 aromatic rings. The number of phenols is 1. The number of benzene rings is 1. The Hall–Kier alpha value is -1.75. The third kappa shape index (κ3) is 1.29. The monoisotopic (exact) mass is 179 g/mol. The lowest BCUT2D eigenvalue weighted by atomic mass is 10.3. The number of para-hydroxylation sites is 1. The second kappa shape index (κ2) is 2.95. The van der Waals surface area contributed by atoms with Gasteiger partial charge in [-0.2, -0.15) is 0 Å². The van der Waals surface area contributed by atoms with Crippen LogP contribution in [0.4, 0.5) is 5.95 Å². The van der Waals surface area contributed by atoms with Gasteiger partial charge in [-0.1, -0.05) is 6.07 Å². The number of hydrogen-bond donors (Lipinski definition) is 3. The Balaban J connectivity index is 2.55. The van der Waals surface area contributed by atoms with Crippen molar-refractivity contribution in [3.05, 3.63) is 18.2 Å². The molecule has 0 aliphatic carbocycles. The molecule has 0 fully saturated rings. The molecule has 5 nitrogen and oxygen atoms in total. The van der Waals surface area contributed by atoms with Gasteiger partial charge in [0.1, 0.15) is 11.3 Å². The van der Waals surface area contributed by atoms with Crippen LogP contribution in [-0.4, -0.2) is 22.2 Å². The van der Waals surface area contributed by atoms with Crippen molar-refractivity contribution in [3.8, 4) is 5.75 Å². The summed E-state index contributed by atoms with van der Waals surface area (Å²) in [6.07, 6.45) is 0. The van der Waals surface area contributed by atoms with E-state index in [-0.39, 0.29) is 5.75 Å². The van der Waals surface area contributed by atoms with Crippen molar-refractivity contribution in [1.82, 2.24) is 9.97 Å². The number of hydrogen-bond acceptors (Lipinski definition) is 4. The zero-order chi connectivity index (χ0) is 9.26. The Labute approximate surface area is 74.3 Å². The largest absolute Gasteiger partial charge is 0.506 e. The van der Waals surface area contributed by atoms with E-state index in [1.807, 2.05) is 6.07 Å². The van der Waals surface area contributed by atoms with Gasteiger partial charge in [0.05, 0.1) is 12.6 Å². The van der Waals surface area contributed by atoms with Gasteiger partial charge in [0.15, 0.2) is 0 Å². The van der Waals surface area contributed by atoms with E-state index in [0.717, 1.165) is 5.52 Å². The maximum absolute atomic E-state index is 9.40. The Morgan fingerprint density at radius 1 is 1.54 bits per heavy atom. The number of rotatable bonds is 2. The van der Waals surface area contributed by atoms with E-state index >= 15 is 0 Å². The Bertz CT molecular complexity index is 424. The van der Waals surface area contributed by atoms with E-state index in [1.165, 1.54) is 7.11 Å². The van der Waals surface area contributed by atoms with Crippen LogP contribution in [0.25, 0.3) is 11.0 Å². The highest BCUT2D eigenvalue weighted by atomic mass is 16.6. The lowest BCUT2D eigenvalue weighted by Crippen LogP contribution is -1.96. The number of nitrogens with one attached hydrogen (secondary N) is 2. The first-order valence-electron chi connectivity index (χ1n) is 3.78. The summed E-state index contributed by atoms with van der Waals surface area (Å²) >= 11 is 0. The molecule has 0 atom stereocenters. The zero-order valence-corrected chi connectivity index (χ0v) is 7.03. The number of imidazole rings is 1. The van der Waals surface area contributed by atoms with Crippen LogP contribution in [0.5, 0.6) is 5.75 Å². The highest BCUT2D eigenvalue weighted by Crippen LogP contribution is 2.22. The quantitative estimate of drug-likeness (QED) is 0.606. The van der Waals surface area contributed by atoms with Crippen LogP contribution in [-0.2, 0) is 4.84 Å². The van der Waals surface area contributed by atoms with Gasteiger partial charge in [-0.3, -0.25) is 4.84 Å². The molecular weight excluding hydrogens is 170 g/mol. The molecule has 5 heteroatoms. The van der Waals surface area contributed by atoms with Gasteiger partial charge < -0.3 is 10.1 Å². The van der Waals surface area contributed by atoms with Crippen molar-refractivity contribution in [3.63, 3.8) is 0 Å². The Morgan fingerprint density at radius 2 is 2.38 bits per heavy atom. The van der Waals surface area contributed by atoms with E-state index in [9.17, 15) is 5.11 Å². The van der Waals surface area contributed by atoms with Gasteiger partial charge in [0.2, 0.25) is 5.95 Å². The van der Waals surface area contributed by atoms with E-state index in [4.69, 9.17) is 0 Å². The van der Waals surface area contributed by atoms with E-state index in [1.54, 1.807) is 12.1 Å². The number of fused-ring (bicyclic) bond motifs is 1. The second-order valence-corrected chi connectivity index (χ2v) is 2.56. The van der Waals surface area contributed by atoms with Crippen molar-refractivity contribution < 1.29 is 9.94 Å². The molecule has 0 spiro atoms. The van der Waals surface area contributed by atoms with Gasteiger partial charge in [0.25, 0.3) is 0 Å². The second-order valence-electron chi connectivity index (χ2n) is 2.56. The molecule has 0 unspecified atom stereocenters. The normalized spacial score (nSPS) is 10.5. The van der Waals surface area contributed by atoms with Crippen LogP contribution < -0.4 is 5.48 Å². The van der Waals surface area contributed by atoms with E-state index < -0.39 is 0 Å². The van der Waals surface area contributed by atoms with Crippen molar-refractivity contribution in [2.24, 2.45) is 0 Å². The third-order valence-corrected chi connectivity index (χ3v) is 1.69. The van der Waals surface area contributed by atoms with Crippen molar-refractivity contribution in [2.45, 2.75) is 0 Å². The summed E-state index contributed by atoms with van der Waals surface area (Å²) in [5.74, 6) is 0.622. The molecule has 1 aromatic heterocycles. The van der Waals surface area contributed by atoms with Crippen LogP contribution >= 0.6 is 0 Å². The summed E-state index contributed by atoms with van der Waals surface area (Å²) < 4.78 is 0. The summed E-state index contributed by atoms with van der Waals surface area (Å²) in [6, 6.07) is 5.15. The topological polar surface area (TPSA) is 70.2 Å². The van der Waals surface area contributed by atoms with Gasteiger partial charge in [0, 0.05) is 0 Å². The highest BCUT2D eigenvalue weighted by Gasteiger charge is 2.04. The lowest BCUT2D eigenvalue weighted by Gasteiger charge is -1.93. The molecule has 13 heavy (non-hydrogen) atoms. The molecule has 0 bridgehead atoms. The third-order valence-electron chi connectivity index (χ3n) is 1.69. The average molecular weight is 179 g/mol. The zero-order valence-electron chi connectivity index (χ0n) is 7.03. The first-order valence-corrected chi connectivity index (χ1v) is 3.78. The predicted molar refractivity (Wildman–Crippen MR) is 48.4 cm³/mol. The summed E-state index contributed by atoms with van der Waals surface area (Å²) in [7, 11) is 1.49. The lowest BCUT2D eigenvalue weighted by molar-refractivity contribution is 0.267. The van der Waals surface area contributed by atoms with Crippen LogP contribution in [0.15, 0.2) is 18.2 Å². The number of aromatic hydroxyl groups is 1. The maximum atomic E-state index is 9.40. The van der Waals surface area contributed by atoms with Gasteiger partial charge in [-0.25, -0.2) is 10.5 Å². The average Bonchev–Trinajstić information content (AvgIpc) is 2.49. The van der Waals surface area contributed by atoms with Crippen LogP contribution in [0.2, 0.25) is 0 Å². The van der Waals surface area contributed by atoms with Crippen molar-refractivity contribution >= 4 is 17.0 Å². The van der Waals surface area contributed by atoms with Gasteiger partial charge in [-0.05, 0) is 12.1 Å². The molecule has 1 heterocycles. The van der Waals surface area contributed by atoms with Crippen molar-refractivity contribution in [2.75, 3.05) is 12.6 Å². The minimum absolute atomic E-state index is 0.151. The fraction of sp³-hybridized carbons (Fsp3) is 0.125. The summed E-state index contributed by atoms with van der Waals surface area (Å²) in [5, 5.41) is 9.40. The highest BCUT2D eigenvalue weighted by molar-refractivity contribution is 5.83. The SMILES string of the molecule is CONc1nc2c(O)cccc2[nH]1. The molecule has 68 valence electrons. The molecular formula is C8H9N3O2. The minimum Gasteiger partial charge on any atom is -0.506 e. The maximum Gasteiger partial charge on any atom is 0.225 e. The fourth-order valence-electron chi connectivity index (χ4n) is 1.16. The van der Waals surface area contributed by atoms with Crippen LogP contribution in [0.3, 0.4) is 0 Å². The van der Waals surface area contributed by atoms with Gasteiger partial charge in [-0.15, -0.1) is 0 Å². The molecule has 0 saturated heterocycles. The molecule has 0 radical (unpaired) electrons. The van der Waals surface area contributed by atoms with Gasteiger partial charge >= 0.3 is 0 Å². The Morgan fingerprint density at radius 3 is 3.08 bits per heavy atom. The summed E-state index contributed by atoms with van der Waals surface area (Å²) in [4.78, 5) is 11.7. The minimum atomic E-state index is 0.151. The standard InChI is InChI=1S/C8H9N3O2/c1-13-11-8-9-5-3-2-4-6(12)7(5)10-8/h2-4,12H,1H3,(H2,9,10,11). The first kappa shape index (κ1) is 7.88.